The Morgan fingerprint density at radius 3 is 2.93 bits per heavy atom. The fraction of sp³-hybridized carbons (Fsp3) is 0.375. The molecule has 0 radical (unpaired) electrons. The van der Waals surface area contributed by atoms with Crippen molar-refractivity contribution in [1.29, 1.82) is 0 Å². The molecule has 0 bridgehead atoms. The van der Waals surface area contributed by atoms with Crippen LogP contribution >= 0.6 is 23.6 Å². The molecule has 0 aromatic carbocycles. The van der Waals surface area contributed by atoms with Gasteiger partial charge >= 0.3 is 0 Å². The van der Waals surface area contributed by atoms with Crippen molar-refractivity contribution in [3.63, 3.8) is 0 Å². The Hall–Kier alpha value is -1.01. The van der Waals surface area contributed by atoms with Crippen molar-refractivity contribution in [3.8, 4) is 10.7 Å². The first-order valence-electron chi connectivity index (χ1n) is 4.44. The molecular weight excluding hydrogens is 216 g/mol. The zero-order valence-corrected chi connectivity index (χ0v) is 8.91. The van der Waals surface area contributed by atoms with E-state index in [0.29, 0.717) is 10.7 Å². The van der Waals surface area contributed by atoms with Crippen molar-refractivity contribution < 1.29 is 0 Å². The Kier molecular flexibility index (Phi) is 1.78. The molecule has 72 valence electrons. The van der Waals surface area contributed by atoms with Crippen LogP contribution in [0.15, 0.2) is 6.20 Å². The highest BCUT2D eigenvalue weighted by Crippen LogP contribution is 2.42. The lowest BCUT2D eigenvalue weighted by Gasteiger charge is -1.85. The van der Waals surface area contributed by atoms with E-state index in [0.717, 1.165) is 10.7 Å². The summed E-state index contributed by atoms with van der Waals surface area (Å²) in [6, 6.07) is 0. The summed E-state index contributed by atoms with van der Waals surface area (Å²) in [5.41, 5.74) is 0. The number of rotatable bonds is 2. The van der Waals surface area contributed by atoms with Gasteiger partial charge in [0.2, 0.25) is 4.77 Å². The van der Waals surface area contributed by atoms with Gasteiger partial charge in [0.1, 0.15) is 0 Å². The Morgan fingerprint density at radius 2 is 2.29 bits per heavy atom. The van der Waals surface area contributed by atoms with Gasteiger partial charge in [0, 0.05) is 12.1 Å². The number of nitrogens with zero attached hydrogens (tertiary/aromatic N) is 2. The standard InChI is InChI=1S/C8H8N4S2/c13-8-10-6(11-12-8)5-3-9-7(14-5)4-1-2-4/h3-4H,1-2H2,(H2,10,11,12,13). The normalized spacial score (nSPS) is 16.0. The van der Waals surface area contributed by atoms with Gasteiger partial charge in [-0.1, -0.05) is 0 Å². The van der Waals surface area contributed by atoms with Gasteiger partial charge in [0.15, 0.2) is 5.82 Å². The molecule has 4 nitrogen and oxygen atoms in total. The van der Waals surface area contributed by atoms with Crippen molar-refractivity contribution in [2.75, 3.05) is 0 Å². The Balaban J connectivity index is 1.99. The lowest BCUT2D eigenvalue weighted by atomic mass is 10.5. The van der Waals surface area contributed by atoms with Crippen molar-refractivity contribution in [2.45, 2.75) is 18.8 Å². The number of hydrogen-bond acceptors (Lipinski definition) is 4. The van der Waals surface area contributed by atoms with Gasteiger partial charge < -0.3 is 0 Å². The largest absolute Gasteiger partial charge is 0.281 e. The number of aromatic amines is 2. The van der Waals surface area contributed by atoms with Crippen LogP contribution in [0.5, 0.6) is 0 Å². The van der Waals surface area contributed by atoms with E-state index in [1.54, 1.807) is 11.3 Å². The summed E-state index contributed by atoms with van der Waals surface area (Å²) in [6.07, 6.45) is 4.42. The highest BCUT2D eigenvalue weighted by Gasteiger charge is 2.26. The molecule has 14 heavy (non-hydrogen) atoms. The van der Waals surface area contributed by atoms with Crippen molar-refractivity contribution >= 4 is 23.6 Å². The average Bonchev–Trinajstić information content (AvgIpc) is 2.76. The van der Waals surface area contributed by atoms with Crippen LogP contribution in [0.4, 0.5) is 0 Å². The van der Waals surface area contributed by atoms with Crippen molar-refractivity contribution in [3.05, 3.63) is 16.0 Å². The van der Waals surface area contributed by atoms with E-state index < -0.39 is 0 Å². The molecule has 1 fully saturated rings. The molecule has 2 aromatic rings. The van der Waals surface area contributed by atoms with E-state index >= 15 is 0 Å². The van der Waals surface area contributed by atoms with Gasteiger partial charge in [0.05, 0.1) is 9.88 Å². The second kappa shape index (κ2) is 2.99. The molecule has 0 amide bonds. The van der Waals surface area contributed by atoms with Crippen LogP contribution in [-0.4, -0.2) is 20.2 Å². The molecule has 0 spiro atoms. The quantitative estimate of drug-likeness (QED) is 0.770. The van der Waals surface area contributed by atoms with Crippen LogP contribution < -0.4 is 0 Å². The third-order valence-corrected chi connectivity index (χ3v) is 3.54. The SMILES string of the molecule is S=c1nc(-c2cnc(C3CC3)s2)[nH][nH]1. The van der Waals surface area contributed by atoms with Gasteiger partial charge in [-0.05, 0) is 25.1 Å². The van der Waals surface area contributed by atoms with Crippen LogP contribution in [0, 0.1) is 4.77 Å². The fourth-order valence-electron chi connectivity index (χ4n) is 1.30. The smallest absolute Gasteiger partial charge is 0.213 e. The molecule has 0 saturated heterocycles. The van der Waals surface area contributed by atoms with Crippen molar-refractivity contribution in [2.24, 2.45) is 0 Å². The summed E-state index contributed by atoms with van der Waals surface area (Å²) < 4.78 is 0.487. The van der Waals surface area contributed by atoms with E-state index in [4.69, 9.17) is 12.2 Å². The second-order valence-electron chi connectivity index (χ2n) is 3.35. The molecule has 0 atom stereocenters. The van der Waals surface area contributed by atoms with Crippen LogP contribution in [0.25, 0.3) is 10.7 Å². The molecule has 6 heteroatoms. The van der Waals surface area contributed by atoms with Crippen molar-refractivity contribution in [1.82, 2.24) is 20.2 Å². The summed E-state index contributed by atoms with van der Waals surface area (Å²) in [5.74, 6) is 1.50. The van der Waals surface area contributed by atoms with Gasteiger partial charge in [-0.2, -0.15) is 4.98 Å². The molecule has 1 aliphatic rings. The molecular formula is C8H8N4S2. The van der Waals surface area contributed by atoms with Crippen LogP contribution in [0.3, 0.4) is 0 Å². The topological polar surface area (TPSA) is 57.4 Å². The number of hydrogen-bond donors (Lipinski definition) is 2. The minimum Gasteiger partial charge on any atom is -0.281 e. The lowest BCUT2D eigenvalue weighted by molar-refractivity contribution is 1.08. The second-order valence-corrected chi connectivity index (χ2v) is 4.80. The summed E-state index contributed by atoms with van der Waals surface area (Å²) in [7, 11) is 0. The minimum absolute atomic E-state index is 0.487. The first-order chi connectivity index (χ1) is 6.83. The third-order valence-electron chi connectivity index (χ3n) is 2.18. The number of thiazole rings is 1. The number of H-pyrrole nitrogens is 2. The maximum Gasteiger partial charge on any atom is 0.213 e. The third kappa shape index (κ3) is 1.40. The Labute approximate surface area is 89.4 Å². The highest BCUT2D eigenvalue weighted by molar-refractivity contribution is 7.71. The summed E-state index contributed by atoms with van der Waals surface area (Å²) in [6.45, 7) is 0. The summed E-state index contributed by atoms with van der Waals surface area (Å²) >= 11 is 6.59. The molecule has 1 saturated carbocycles. The first-order valence-corrected chi connectivity index (χ1v) is 5.66. The Bertz CT molecular complexity index is 505. The Morgan fingerprint density at radius 1 is 1.43 bits per heavy atom. The lowest BCUT2D eigenvalue weighted by Crippen LogP contribution is -1.73. The van der Waals surface area contributed by atoms with Gasteiger partial charge in [-0.15, -0.1) is 11.3 Å². The maximum absolute atomic E-state index is 4.89. The zero-order chi connectivity index (χ0) is 9.54. The van der Waals surface area contributed by atoms with Crippen LogP contribution in [-0.2, 0) is 0 Å². The monoisotopic (exact) mass is 224 g/mol. The molecule has 3 rings (SSSR count). The van der Waals surface area contributed by atoms with Crippen LogP contribution in [0.1, 0.15) is 23.8 Å². The summed E-state index contributed by atoms with van der Waals surface area (Å²) in [5, 5.41) is 6.93. The molecule has 1 aliphatic carbocycles. The average molecular weight is 224 g/mol. The van der Waals surface area contributed by atoms with E-state index in [9.17, 15) is 0 Å². The van der Waals surface area contributed by atoms with E-state index in [2.05, 4.69) is 20.2 Å². The number of aromatic nitrogens is 4. The van der Waals surface area contributed by atoms with Crippen LogP contribution in [0.2, 0.25) is 0 Å². The number of nitrogens with one attached hydrogen (secondary N) is 2. The summed E-state index contributed by atoms with van der Waals surface area (Å²) in [4.78, 5) is 9.58. The zero-order valence-electron chi connectivity index (χ0n) is 7.28. The first kappa shape index (κ1) is 8.31. The van der Waals surface area contributed by atoms with E-state index in [1.165, 1.54) is 17.8 Å². The molecule has 2 N–H and O–H groups in total. The predicted octanol–water partition coefficient (Wildman–Crippen LogP) is 2.47. The minimum atomic E-state index is 0.487. The molecule has 0 aliphatic heterocycles. The highest BCUT2D eigenvalue weighted by atomic mass is 32.1. The molecule has 2 heterocycles. The van der Waals surface area contributed by atoms with E-state index in [1.807, 2.05) is 6.20 Å². The van der Waals surface area contributed by atoms with Gasteiger partial charge in [-0.25, -0.2) is 4.98 Å². The molecule has 2 aromatic heterocycles. The fourth-order valence-corrected chi connectivity index (χ4v) is 2.48. The van der Waals surface area contributed by atoms with Gasteiger partial charge in [-0.3, -0.25) is 10.2 Å². The van der Waals surface area contributed by atoms with E-state index in [-0.39, 0.29) is 0 Å². The maximum atomic E-state index is 4.89. The predicted molar refractivity (Wildman–Crippen MR) is 56.9 cm³/mol. The van der Waals surface area contributed by atoms with Gasteiger partial charge in [0.25, 0.3) is 0 Å². The molecule has 0 unspecified atom stereocenters.